The molecule has 1 fully saturated rings. The topological polar surface area (TPSA) is 170 Å². The van der Waals surface area contributed by atoms with E-state index < -0.39 is 11.9 Å². The maximum absolute atomic E-state index is 11.3. The second-order valence-corrected chi connectivity index (χ2v) is 9.22. The van der Waals surface area contributed by atoms with E-state index in [0.29, 0.717) is 103 Å². The number of hydrogen-bond acceptors (Lipinski definition) is 11. The molecular formula is C27H39N5O8. The van der Waals surface area contributed by atoms with Gasteiger partial charge in [-0.15, -0.1) is 0 Å². The van der Waals surface area contributed by atoms with Crippen LogP contribution in [0.25, 0.3) is 0 Å². The summed E-state index contributed by atoms with van der Waals surface area (Å²) < 4.78 is 23.4. The molecule has 1 unspecified atom stereocenters. The molecule has 13 heteroatoms. The van der Waals surface area contributed by atoms with Gasteiger partial charge in [-0.05, 0) is 24.3 Å². The van der Waals surface area contributed by atoms with E-state index in [2.05, 4.69) is 19.8 Å². The van der Waals surface area contributed by atoms with Crippen molar-refractivity contribution in [1.29, 1.82) is 0 Å². The summed E-state index contributed by atoms with van der Waals surface area (Å²) in [5.74, 6) is -2.13. The summed E-state index contributed by atoms with van der Waals surface area (Å²) in [5.41, 5.74) is 7.23. The number of ether oxygens (including phenoxy) is 4. The molecule has 1 saturated heterocycles. The summed E-state index contributed by atoms with van der Waals surface area (Å²) in [6.45, 7) is 6.54. The smallest absolute Gasteiger partial charge is 0.354 e. The van der Waals surface area contributed by atoms with Crippen molar-refractivity contribution in [2.24, 2.45) is 5.73 Å². The third-order valence-electron chi connectivity index (χ3n) is 6.18. The Balaban J connectivity index is 1.55. The van der Waals surface area contributed by atoms with Crippen LogP contribution < -0.4 is 5.73 Å². The Morgan fingerprint density at radius 2 is 1.23 bits per heavy atom. The number of nitrogens with two attached hydrogens (primary N) is 1. The van der Waals surface area contributed by atoms with E-state index in [-0.39, 0.29) is 17.5 Å². The second-order valence-electron chi connectivity index (χ2n) is 9.22. The average Bonchev–Trinajstić information content (AvgIpc) is 2.95. The highest BCUT2D eigenvalue weighted by atomic mass is 16.5. The van der Waals surface area contributed by atoms with Gasteiger partial charge in [0.05, 0.1) is 63.7 Å². The molecule has 3 rings (SSSR count). The van der Waals surface area contributed by atoms with Crippen LogP contribution in [0, 0.1) is 0 Å². The van der Waals surface area contributed by atoms with Crippen LogP contribution in [-0.2, 0) is 32.0 Å². The summed E-state index contributed by atoms with van der Waals surface area (Å²) in [5, 5.41) is 18.5. The quantitative estimate of drug-likeness (QED) is 0.429. The number of carboxylic acids is 2. The van der Waals surface area contributed by atoms with Gasteiger partial charge in [0.25, 0.3) is 0 Å². The van der Waals surface area contributed by atoms with Crippen LogP contribution in [0.4, 0.5) is 0 Å². The minimum atomic E-state index is -1.06. The molecule has 0 saturated carbocycles. The lowest BCUT2D eigenvalue weighted by Crippen LogP contribution is -2.36. The molecule has 0 amide bonds. The van der Waals surface area contributed by atoms with Crippen molar-refractivity contribution in [1.82, 2.24) is 19.8 Å². The highest BCUT2D eigenvalue weighted by Crippen LogP contribution is 2.07. The zero-order chi connectivity index (χ0) is 28.6. The fourth-order valence-corrected chi connectivity index (χ4v) is 4.02. The third-order valence-corrected chi connectivity index (χ3v) is 6.18. The Kier molecular flexibility index (Phi) is 13.9. The standard InChI is InChI=1S/C27H39N5O8/c28-17-23-20-39-13-9-31(18-21-3-1-5-24(29-21)26(33)34)7-11-37-15-16-38-12-8-32(10-14-40-23)19-22-4-2-6-25(30-22)27(35)36/h1-6,23H,7-20,28H2,(H,33,34)(H,35,36). The maximum atomic E-state index is 11.3. The lowest BCUT2D eigenvalue weighted by molar-refractivity contribution is -0.0293. The Morgan fingerprint density at radius 1 is 0.750 bits per heavy atom. The molecule has 40 heavy (non-hydrogen) atoms. The van der Waals surface area contributed by atoms with E-state index in [4.69, 9.17) is 24.7 Å². The zero-order valence-electron chi connectivity index (χ0n) is 22.7. The molecule has 2 aromatic rings. The van der Waals surface area contributed by atoms with Gasteiger partial charge in [-0.25, -0.2) is 19.6 Å². The molecule has 0 spiro atoms. The van der Waals surface area contributed by atoms with E-state index >= 15 is 0 Å². The van der Waals surface area contributed by atoms with Crippen molar-refractivity contribution in [3.05, 3.63) is 59.2 Å². The normalized spacial score (nSPS) is 19.9. The third kappa shape index (κ3) is 11.6. The van der Waals surface area contributed by atoms with Crippen molar-refractivity contribution in [3.8, 4) is 0 Å². The van der Waals surface area contributed by atoms with Crippen molar-refractivity contribution in [3.63, 3.8) is 0 Å². The first kappa shape index (κ1) is 31.5. The Hall–Kier alpha value is -3.04. The van der Waals surface area contributed by atoms with Gasteiger partial charge in [0.2, 0.25) is 0 Å². The summed E-state index contributed by atoms with van der Waals surface area (Å²) >= 11 is 0. The number of rotatable bonds is 7. The summed E-state index contributed by atoms with van der Waals surface area (Å²) in [6.07, 6.45) is -0.281. The van der Waals surface area contributed by atoms with Crippen molar-refractivity contribution in [2.45, 2.75) is 19.2 Å². The van der Waals surface area contributed by atoms with E-state index in [9.17, 15) is 19.8 Å². The molecule has 0 aromatic carbocycles. The van der Waals surface area contributed by atoms with Crippen molar-refractivity contribution < 1.29 is 38.7 Å². The summed E-state index contributed by atoms with van der Waals surface area (Å²) in [7, 11) is 0. The number of carbonyl (C=O) groups is 2. The average molecular weight is 562 g/mol. The predicted molar refractivity (Wildman–Crippen MR) is 144 cm³/mol. The number of hydrogen-bond donors (Lipinski definition) is 3. The van der Waals surface area contributed by atoms with Crippen LogP contribution >= 0.6 is 0 Å². The first-order valence-electron chi connectivity index (χ1n) is 13.3. The Morgan fingerprint density at radius 3 is 1.70 bits per heavy atom. The van der Waals surface area contributed by atoms with Gasteiger partial charge in [0.15, 0.2) is 0 Å². The van der Waals surface area contributed by atoms with Gasteiger partial charge < -0.3 is 34.9 Å². The molecule has 0 radical (unpaired) electrons. The highest BCUT2D eigenvalue weighted by molar-refractivity contribution is 5.85. The SMILES string of the molecule is NCC1COCCN(Cc2cccc(C(=O)O)n2)CCOCCOCCN(Cc2cccc(C(=O)O)n2)CCO1. The van der Waals surface area contributed by atoms with Crippen LogP contribution in [0.2, 0.25) is 0 Å². The molecule has 220 valence electrons. The van der Waals surface area contributed by atoms with Crippen LogP contribution in [0.15, 0.2) is 36.4 Å². The van der Waals surface area contributed by atoms with Crippen molar-refractivity contribution in [2.75, 3.05) is 79.0 Å². The maximum Gasteiger partial charge on any atom is 0.354 e. The van der Waals surface area contributed by atoms with E-state index in [0.717, 1.165) is 0 Å². The molecule has 0 bridgehead atoms. The fourth-order valence-electron chi connectivity index (χ4n) is 4.02. The van der Waals surface area contributed by atoms with E-state index in [1.165, 1.54) is 12.1 Å². The molecule has 0 aliphatic carbocycles. The predicted octanol–water partition coefficient (Wildman–Crippen LogP) is 0.585. The first-order valence-corrected chi connectivity index (χ1v) is 13.3. The number of nitrogens with zero attached hydrogens (tertiary/aromatic N) is 4. The van der Waals surface area contributed by atoms with E-state index in [1.807, 2.05) is 0 Å². The highest BCUT2D eigenvalue weighted by Gasteiger charge is 2.14. The lowest BCUT2D eigenvalue weighted by atomic mass is 10.3. The number of aromatic nitrogens is 2. The first-order chi connectivity index (χ1) is 19.4. The molecule has 3 heterocycles. The lowest BCUT2D eigenvalue weighted by Gasteiger charge is -2.25. The molecule has 1 aliphatic rings. The molecule has 1 atom stereocenters. The van der Waals surface area contributed by atoms with Gasteiger partial charge in [0, 0.05) is 45.8 Å². The summed E-state index contributed by atoms with van der Waals surface area (Å²) in [6, 6.07) is 9.91. The second kappa shape index (κ2) is 17.6. The summed E-state index contributed by atoms with van der Waals surface area (Å²) in [4.78, 5) is 35.2. The number of aromatic carboxylic acids is 2. The molecule has 1 aliphatic heterocycles. The van der Waals surface area contributed by atoms with Gasteiger partial charge in [-0.3, -0.25) is 9.80 Å². The van der Waals surface area contributed by atoms with Gasteiger partial charge in [0.1, 0.15) is 11.4 Å². The molecule has 13 nitrogen and oxygen atoms in total. The van der Waals surface area contributed by atoms with Crippen molar-refractivity contribution >= 4 is 11.9 Å². The fraction of sp³-hybridized carbons (Fsp3) is 0.556. The van der Waals surface area contributed by atoms with Gasteiger partial charge in [-0.1, -0.05) is 12.1 Å². The van der Waals surface area contributed by atoms with Crippen LogP contribution in [0.3, 0.4) is 0 Å². The van der Waals surface area contributed by atoms with Gasteiger partial charge >= 0.3 is 11.9 Å². The minimum Gasteiger partial charge on any atom is -0.477 e. The molecular weight excluding hydrogens is 522 g/mol. The van der Waals surface area contributed by atoms with Crippen LogP contribution in [0.1, 0.15) is 32.4 Å². The van der Waals surface area contributed by atoms with Crippen LogP contribution in [-0.4, -0.2) is 127 Å². The van der Waals surface area contributed by atoms with Crippen LogP contribution in [0.5, 0.6) is 0 Å². The Labute approximate surface area is 233 Å². The minimum absolute atomic E-state index is 0.00694. The van der Waals surface area contributed by atoms with E-state index in [1.54, 1.807) is 24.3 Å². The number of carboxylic acid groups (broad SMARTS) is 2. The monoisotopic (exact) mass is 561 g/mol. The molecule has 4 N–H and O–H groups in total. The zero-order valence-corrected chi connectivity index (χ0v) is 22.7. The Bertz CT molecular complexity index is 1060. The largest absolute Gasteiger partial charge is 0.477 e. The van der Waals surface area contributed by atoms with Gasteiger partial charge in [-0.2, -0.15) is 0 Å². The molecule has 2 aromatic heterocycles. The number of pyridine rings is 2.